The summed E-state index contributed by atoms with van der Waals surface area (Å²) in [4.78, 5) is 13.0. The molecule has 0 radical (unpaired) electrons. The van der Waals surface area contributed by atoms with Gasteiger partial charge < -0.3 is 5.32 Å². The summed E-state index contributed by atoms with van der Waals surface area (Å²) in [6.45, 7) is 5.77. The summed E-state index contributed by atoms with van der Waals surface area (Å²) in [6.07, 6.45) is 0. The second kappa shape index (κ2) is 11.2. The van der Waals surface area contributed by atoms with Crippen molar-refractivity contribution in [3.05, 3.63) is 101 Å². The van der Waals surface area contributed by atoms with Gasteiger partial charge in [-0.25, -0.2) is 4.79 Å². The highest BCUT2D eigenvalue weighted by atomic mass is 35.5. The normalized spacial score (nSPS) is 11.2. The molecule has 0 spiro atoms. The van der Waals surface area contributed by atoms with Crippen molar-refractivity contribution < 1.29 is 4.79 Å². The molecule has 0 atom stereocenters. The second-order valence-corrected chi connectivity index (χ2v) is 12.4. The summed E-state index contributed by atoms with van der Waals surface area (Å²) < 4.78 is 0.0361. The van der Waals surface area contributed by atoms with Crippen molar-refractivity contribution in [1.29, 1.82) is 0 Å². The van der Waals surface area contributed by atoms with Gasteiger partial charge in [0.1, 0.15) is 15.9 Å². The van der Waals surface area contributed by atoms with Gasteiger partial charge in [-0.1, -0.05) is 77.8 Å². The number of hydrogen-bond donors (Lipinski definition) is 2. The highest BCUT2D eigenvalue weighted by Crippen LogP contribution is 2.62. The van der Waals surface area contributed by atoms with Crippen LogP contribution >= 0.6 is 42.9 Å². The van der Waals surface area contributed by atoms with Crippen LogP contribution in [0, 0.1) is 0 Å². The Morgan fingerprint density at radius 2 is 1.06 bits per heavy atom. The van der Waals surface area contributed by atoms with Gasteiger partial charge in [-0.15, -0.1) is 12.4 Å². The Bertz CT molecular complexity index is 952. The predicted octanol–water partition coefficient (Wildman–Crippen LogP) is 6.10. The maximum atomic E-state index is 13.0. The minimum atomic E-state index is -2.60. The van der Waals surface area contributed by atoms with E-state index in [-0.39, 0.29) is 22.9 Å². The molecule has 32 heavy (non-hydrogen) atoms. The number of urea groups is 1. The molecule has 0 aliphatic heterocycles. The van der Waals surface area contributed by atoms with Gasteiger partial charge >= 0.3 is 6.03 Å². The zero-order valence-corrected chi connectivity index (χ0v) is 21.4. The van der Waals surface area contributed by atoms with E-state index in [1.807, 2.05) is 75.4 Å². The maximum Gasteiger partial charge on any atom is 0.322 e. The van der Waals surface area contributed by atoms with Gasteiger partial charge in [0.2, 0.25) is 5.44 Å². The van der Waals surface area contributed by atoms with E-state index in [2.05, 4.69) is 47.0 Å². The lowest BCUT2D eigenvalue weighted by molar-refractivity contribution is 0.235. The third-order valence-corrected chi connectivity index (χ3v) is 9.53. The van der Waals surface area contributed by atoms with Crippen LogP contribution in [-0.2, 0) is 0 Å². The average molecular weight is 509 g/mol. The Morgan fingerprint density at radius 1 is 0.719 bits per heavy atom. The molecule has 3 nitrogen and oxygen atoms in total. The van der Waals surface area contributed by atoms with E-state index < -0.39 is 12.8 Å². The molecular weight excluding hydrogens is 482 g/mol. The Balaban J connectivity index is 0.00000363. The van der Waals surface area contributed by atoms with Crippen molar-refractivity contribution in [3.63, 3.8) is 0 Å². The molecule has 0 heterocycles. The quantitative estimate of drug-likeness (QED) is 0.402. The smallest absolute Gasteiger partial charge is 0.322 e. The molecule has 3 rings (SSSR count). The number of amides is 2. The first-order chi connectivity index (χ1) is 14.7. The maximum absolute atomic E-state index is 13.0. The lowest BCUT2D eigenvalue weighted by Gasteiger charge is -2.30. The first kappa shape index (κ1) is 26.2. The van der Waals surface area contributed by atoms with E-state index >= 15 is 0 Å². The fraction of sp³-hybridized carbons (Fsp3) is 0.160. The topological polar surface area (TPSA) is 41.1 Å². The molecule has 0 fully saturated rings. The lowest BCUT2D eigenvalue weighted by Crippen LogP contribution is -2.48. The first-order valence-corrected chi connectivity index (χ1v) is 12.5. The first-order valence-electron chi connectivity index (χ1n) is 9.96. The van der Waals surface area contributed by atoms with Crippen molar-refractivity contribution in [1.82, 2.24) is 10.6 Å². The van der Waals surface area contributed by atoms with Crippen molar-refractivity contribution in [2.45, 2.75) is 26.3 Å². The number of carbonyl (C=O) groups excluding carboxylic acids is 1. The molecule has 3 aromatic rings. The molecule has 0 aliphatic rings. The molecule has 0 aromatic heterocycles. The summed E-state index contributed by atoms with van der Waals surface area (Å²) in [5.41, 5.74) is 0.0857. The van der Waals surface area contributed by atoms with E-state index in [0.29, 0.717) is 5.44 Å². The molecule has 0 bridgehead atoms. The monoisotopic (exact) mass is 507 g/mol. The zero-order valence-electron chi connectivity index (χ0n) is 18.2. The molecule has 2 N–H and O–H groups in total. The Kier molecular flexibility index (Phi) is 9.18. The average Bonchev–Trinajstić information content (AvgIpc) is 2.74. The van der Waals surface area contributed by atoms with Crippen LogP contribution in [0.4, 0.5) is 4.79 Å². The van der Waals surface area contributed by atoms with Gasteiger partial charge in [-0.05, 0) is 57.2 Å². The van der Waals surface area contributed by atoms with Gasteiger partial charge in [-0.2, -0.15) is 0 Å². The molecule has 0 saturated heterocycles. The van der Waals surface area contributed by atoms with Crippen molar-refractivity contribution in [2.24, 2.45) is 0 Å². The fourth-order valence-corrected chi connectivity index (χ4v) is 8.43. The highest BCUT2D eigenvalue weighted by molar-refractivity contribution is 7.99. The number of rotatable bonds is 5. The number of benzene rings is 3. The van der Waals surface area contributed by atoms with E-state index in [4.69, 9.17) is 23.2 Å². The van der Waals surface area contributed by atoms with Gasteiger partial charge in [-0.3, -0.25) is 5.32 Å². The molecule has 3 aromatic carbocycles. The number of nitrogens with one attached hydrogen (secondary N) is 2. The van der Waals surface area contributed by atoms with Gasteiger partial charge in [0.25, 0.3) is 0 Å². The van der Waals surface area contributed by atoms with Crippen molar-refractivity contribution in [2.75, 3.05) is 0 Å². The lowest BCUT2D eigenvalue weighted by atomic mass is 10.1. The van der Waals surface area contributed by atoms with Gasteiger partial charge in [0.05, 0.1) is 0 Å². The van der Waals surface area contributed by atoms with E-state index in [0.717, 1.165) is 15.9 Å². The number of hydrogen-bond acceptors (Lipinski definition) is 1. The third-order valence-electron chi connectivity index (χ3n) is 4.67. The molecule has 168 valence electrons. The Hall–Kier alpha value is -2.03. The van der Waals surface area contributed by atoms with E-state index in [1.165, 1.54) is 0 Å². The largest absolute Gasteiger partial charge is 0.333 e. The summed E-state index contributed by atoms with van der Waals surface area (Å²) in [7, 11) is -2.60. The molecule has 0 saturated carbocycles. The van der Waals surface area contributed by atoms with Crippen LogP contribution in [-0.4, -0.2) is 11.6 Å². The fourth-order valence-electron chi connectivity index (χ4n) is 3.53. The van der Waals surface area contributed by atoms with Crippen LogP contribution in [0.1, 0.15) is 20.8 Å². The molecule has 7 heteroatoms. The summed E-state index contributed by atoms with van der Waals surface area (Å²) in [5.74, 6) is 0. The molecule has 2 amide bonds. The SMILES string of the molecule is CC(C)(C)NC(=O)NC(=C(Cl)Cl)[P+](c1ccccc1)(c1ccccc1)c1ccccc1.Cl. The Labute approximate surface area is 207 Å². The van der Waals surface area contributed by atoms with Crippen LogP contribution in [0.5, 0.6) is 0 Å². The number of carbonyl (C=O) groups is 1. The van der Waals surface area contributed by atoms with Gasteiger partial charge in [0, 0.05) is 5.54 Å². The van der Waals surface area contributed by atoms with Crippen LogP contribution in [0.25, 0.3) is 0 Å². The molecular formula is C25H27Cl3N2OP+. The van der Waals surface area contributed by atoms with E-state index in [9.17, 15) is 4.79 Å². The molecule has 0 aliphatic carbocycles. The summed E-state index contributed by atoms with van der Waals surface area (Å²) in [5, 5.41) is 9.09. The standard InChI is InChI=1S/C25H25Cl2N2OP.ClH/c1-25(2,3)29-24(30)28-23(22(26)27)31(19-13-7-4-8-14-19,20-15-9-5-10-16-20)21-17-11-6-12-18-21;/h4-18H,1-3H3,(H-,28,29,30);1H/p+1. The predicted molar refractivity (Wildman–Crippen MR) is 143 cm³/mol. The summed E-state index contributed by atoms with van der Waals surface area (Å²) in [6, 6.07) is 29.9. The minimum absolute atomic E-state index is 0. The van der Waals surface area contributed by atoms with Crippen molar-refractivity contribution in [3.8, 4) is 0 Å². The van der Waals surface area contributed by atoms with Crippen LogP contribution in [0.3, 0.4) is 0 Å². The third kappa shape index (κ3) is 5.85. The van der Waals surface area contributed by atoms with Crippen LogP contribution < -0.4 is 26.5 Å². The Morgan fingerprint density at radius 3 is 1.34 bits per heavy atom. The summed E-state index contributed by atoms with van der Waals surface area (Å²) >= 11 is 13.0. The van der Waals surface area contributed by atoms with Gasteiger partial charge in [0.15, 0.2) is 11.8 Å². The highest BCUT2D eigenvalue weighted by Gasteiger charge is 2.52. The minimum Gasteiger partial charge on any atom is -0.333 e. The van der Waals surface area contributed by atoms with Crippen LogP contribution in [0.15, 0.2) is 101 Å². The van der Waals surface area contributed by atoms with Crippen molar-refractivity contribution >= 4 is 64.8 Å². The second-order valence-electron chi connectivity index (χ2n) is 8.12. The zero-order chi connectivity index (χ0) is 22.5. The van der Waals surface area contributed by atoms with E-state index in [1.54, 1.807) is 0 Å². The molecule has 0 unspecified atom stereocenters. The number of halogens is 3. The van der Waals surface area contributed by atoms with Crippen LogP contribution in [0.2, 0.25) is 0 Å².